The zero-order valence-corrected chi connectivity index (χ0v) is 12.1. The van der Waals surface area contributed by atoms with Gasteiger partial charge in [-0.3, -0.25) is 0 Å². The maximum absolute atomic E-state index is 10.6. The number of rotatable bonds is 5. The topological polar surface area (TPSA) is 58.9 Å². The molecule has 0 saturated heterocycles. The molecule has 0 amide bonds. The Morgan fingerprint density at radius 1 is 0.950 bits per heavy atom. The SMILES string of the molecule is O=C=NCC1CCCC(CN=C=O)(C2CCCCC2)C1. The van der Waals surface area contributed by atoms with Gasteiger partial charge in [0.15, 0.2) is 0 Å². The Kier molecular flexibility index (Phi) is 5.70. The van der Waals surface area contributed by atoms with Crippen LogP contribution in [0.3, 0.4) is 0 Å². The van der Waals surface area contributed by atoms with E-state index in [1.807, 2.05) is 0 Å². The number of isocyanates is 2. The summed E-state index contributed by atoms with van der Waals surface area (Å²) in [6.45, 7) is 1.20. The van der Waals surface area contributed by atoms with E-state index < -0.39 is 0 Å². The van der Waals surface area contributed by atoms with E-state index in [1.54, 1.807) is 12.2 Å². The lowest BCUT2D eigenvalue weighted by Gasteiger charge is -2.46. The van der Waals surface area contributed by atoms with E-state index >= 15 is 0 Å². The van der Waals surface area contributed by atoms with Crippen LogP contribution in [-0.2, 0) is 9.59 Å². The Balaban J connectivity index is 2.11. The van der Waals surface area contributed by atoms with Gasteiger partial charge in [-0.1, -0.05) is 25.7 Å². The fraction of sp³-hybridized carbons (Fsp3) is 0.875. The van der Waals surface area contributed by atoms with E-state index in [0.29, 0.717) is 24.9 Å². The van der Waals surface area contributed by atoms with Crippen molar-refractivity contribution in [2.45, 2.75) is 57.8 Å². The molecule has 2 unspecified atom stereocenters. The maximum Gasteiger partial charge on any atom is 0.234 e. The second-order valence-electron chi connectivity index (χ2n) is 6.50. The second-order valence-corrected chi connectivity index (χ2v) is 6.50. The van der Waals surface area contributed by atoms with Gasteiger partial charge >= 0.3 is 0 Å². The third-order valence-corrected chi connectivity index (χ3v) is 5.33. The van der Waals surface area contributed by atoms with E-state index in [-0.39, 0.29) is 5.41 Å². The van der Waals surface area contributed by atoms with Crippen LogP contribution in [0.4, 0.5) is 0 Å². The van der Waals surface area contributed by atoms with Crippen molar-refractivity contribution in [3.8, 4) is 0 Å². The van der Waals surface area contributed by atoms with Gasteiger partial charge in [-0.2, -0.15) is 0 Å². The Labute approximate surface area is 120 Å². The summed E-state index contributed by atoms with van der Waals surface area (Å²) < 4.78 is 0. The predicted octanol–water partition coefficient (Wildman–Crippen LogP) is 3.41. The molecule has 0 N–H and O–H groups in total. The molecule has 0 spiro atoms. The Morgan fingerprint density at radius 2 is 1.70 bits per heavy atom. The number of aliphatic imine (C=N–C) groups is 2. The van der Waals surface area contributed by atoms with Crippen LogP contribution in [0.1, 0.15) is 57.8 Å². The van der Waals surface area contributed by atoms with E-state index in [1.165, 1.54) is 32.1 Å². The minimum Gasteiger partial charge on any atom is -0.211 e. The lowest BCUT2D eigenvalue weighted by molar-refractivity contribution is 0.0514. The first-order valence-corrected chi connectivity index (χ1v) is 7.88. The Bertz CT molecular complexity index is 405. The summed E-state index contributed by atoms with van der Waals surface area (Å²) in [5.41, 5.74) is 0.152. The fourth-order valence-corrected chi connectivity index (χ4v) is 4.39. The Hall–Kier alpha value is -1.24. The van der Waals surface area contributed by atoms with Crippen LogP contribution in [0, 0.1) is 17.3 Å². The number of hydrogen-bond acceptors (Lipinski definition) is 4. The first-order chi connectivity index (χ1) is 9.80. The molecule has 2 atom stereocenters. The lowest BCUT2D eigenvalue weighted by atomic mass is 9.59. The average molecular weight is 276 g/mol. The van der Waals surface area contributed by atoms with Gasteiger partial charge in [-0.05, 0) is 49.4 Å². The molecule has 0 heterocycles. The van der Waals surface area contributed by atoms with Crippen molar-refractivity contribution in [2.24, 2.45) is 27.2 Å². The summed E-state index contributed by atoms with van der Waals surface area (Å²) >= 11 is 0. The van der Waals surface area contributed by atoms with Crippen LogP contribution in [0.15, 0.2) is 9.98 Å². The van der Waals surface area contributed by atoms with Gasteiger partial charge in [0.2, 0.25) is 12.2 Å². The zero-order chi connectivity index (χ0) is 14.3. The van der Waals surface area contributed by atoms with Gasteiger partial charge in [0.1, 0.15) is 0 Å². The minimum atomic E-state index is 0.152. The van der Waals surface area contributed by atoms with E-state index in [2.05, 4.69) is 9.98 Å². The summed E-state index contributed by atoms with van der Waals surface area (Å²) in [7, 11) is 0. The molecule has 0 radical (unpaired) electrons. The molecule has 0 bridgehead atoms. The molecule has 0 aliphatic heterocycles. The highest BCUT2D eigenvalue weighted by Crippen LogP contribution is 2.50. The average Bonchev–Trinajstić information content (AvgIpc) is 2.52. The van der Waals surface area contributed by atoms with E-state index in [4.69, 9.17) is 0 Å². The smallest absolute Gasteiger partial charge is 0.211 e. The molecule has 2 aliphatic carbocycles. The molecule has 0 aromatic heterocycles. The molecule has 2 saturated carbocycles. The molecular formula is C16H24N2O2. The van der Waals surface area contributed by atoms with Crippen molar-refractivity contribution < 1.29 is 9.59 Å². The maximum atomic E-state index is 10.6. The van der Waals surface area contributed by atoms with Crippen molar-refractivity contribution in [3.63, 3.8) is 0 Å². The van der Waals surface area contributed by atoms with Crippen molar-refractivity contribution in [1.82, 2.24) is 0 Å². The van der Waals surface area contributed by atoms with Crippen LogP contribution >= 0.6 is 0 Å². The van der Waals surface area contributed by atoms with E-state index in [0.717, 1.165) is 25.7 Å². The molecule has 2 rings (SSSR count). The van der Waals surface area contributed by atoms with Gasteiger partial charge in [-0.15, -0.1) is 0 Å². The number of hydrogen-bond donors (Lipinski definition) is 0. The summed E-state index contributed by atoms with van der Waals surface area (Å²) in [6.07, 6.45) is 14.3. The van der Waals surface area contributed by atoms with Crippen LogP contribution in [-0.4, -0.2) is 25.2 Å². The summed E-state index contributed by atoms with van der Waals surface area (Å²) in [5.74, 6) is 1.13. The number of nitrogens with zero attached hydrogens (tertiary/aromatic N) is 2. The molecular weight excluding hydrogens is 252 g/mol. The molecule has 2 fully saturated rings. The van der Waals surface area contributed by atoms with Crippen molar-refractivity contribution in [2.75, 3.05) is 13.1 Å². The predicted molar refractivity (Wildman–Crippen MR) is 76.9 cm³/mol. The normalized spacial score (nSPS) is 31.1. The lowest BCUT2D eigenvalue weighted by Crippen LogP contribution is -2.40. The summed E-state index contributed by atoms with van der Waals surface area (Å²) in [4.78, 5) is 28.6. The van der Waals surface area contributed by atoms with Gasteiger partial charge in [0, 0.05) is 0 Å². The highest BCUT2D eigenvalue weighted by molar-refractivity contribution is 5.33. The first-order valence-electron chi connectivity index (χ1n) is 7.88. The second kappa shape index (κ2) is 7.52. The Morgan fingerprint density at radius 3 is 2.40 bits per heavy atom. The molecule has 4 heteroatoms. The van der Waals surface area contributed by atoms with Crippen LogP contribution < -0.4 is 0 Å². The molecule has 0 aromatic rings. The quantitative estimate of drug-likeness (QED) is 0.570. The van der Waals surface area contributed by atoms with Crippen molar-refractivity contribution >= 4 is 12.2 Å². The van der Waals surface area contributed by atoms with Crippen molar-refractivity contribution in [1.29, 1.82) is 0 Å². The van der Waals surface area contributed by atoms with Crippen LogP contribution in [0.25, 0.3) is 0 Å². The summed E-state index contributed by atoms with van der Waals surface area (Å²) in [5, 5.41) is 0. The van der Waals surface area contributed by atoms with Gasteiger partial charge in [-0.25, -0.2) is 19.6 Å². The highest BCUT2D eigenvalue weighted by Gasteiger charge is 2.42. The standard InChI is InChI=1S/C16H24N2O2/c19-12-17-10-14-5-4-8-16(9-14,11-18-13-20)15-6-2-1-3-7-15/h14-15H,1-11H2. The first kappa shape index (κ1) is 15.2. The number of carbonyl (C=O) groups excluding carboxylic acids is 2. The molecule has 4 nitrogen and oxygen atoms in total. The van der Waals surface area contributed by atoms with Crippen molar-refractivity contribution in [3.05, 3.63) is 0 Å². The third kappa shape index (κ3) is 3.65. The fourth-order valence-electron chi connectivity index (χ4n) is 4.39. The minimum absolute atomic E-state index is 0.152. The largest absolute Gasteiger partial charge is 0.234 e. The molecule has 110 valence electrons. The zero-order valence-electron chi connectivity index (χ0n) is 12.1. The highest BCUT2D eigenvalue weighted by atomic mass is 16.1. The monoisotopic (exact) mass is 276 g/mol. The van der Waals surface area contributed by atoms with Crippen LogP contribution in [0.5, 0.6) is 0 Å². The molecule has 2 aliphatic rings. The van der Waals surface area contributed by atoms with Gasteiger partial charge in [0.25, 0.3) is 0 Å². The van der Waals surface area contributed by atoms with E-state index in [9.17, 15) is 9.59 Å². The van der Waals surface area contributed by atoms with Gasteiger partial charge in [0.05, 0.1) is 13.1 Å². The summed E-state index contributed by atoms with van der Waals surface area (Å²) in [6, 6.07) is 0. The van der Waals surface area contributed by atoms with Gasteiger partial charge < -0.3 is 0 Å². The molecule has 0 aromatic carbocycles. The molecule has 20 heavy (non-hydrogen) atoms. The van der Waals surface area contributed by atoms with Crippen LogP contribution in [0.2, 0.25) is 0 Å². The third-order valence-electron chi connectivity index (χ3n) is 5.33.